The van der Waals surface area contributed by atoms with Crippen LogP contribution < -0.4 is 10.6 Å². The molecule has 0 bridgehead atoms. The van der Waals surface area contributed by atoms with Crippen molar-refractivity contribution in [2.45, 2.75) is 13.0 Å². The van der Waals surface area contributed by atoms with Gasteiger partial charge in [0.2, 0.25) is 5.95 Å². The zero-order valence-corrected chi connectivity index (χ0v) is 12.3. The van der Waals surface area contributed by atoms with Gasteiger partial charge in [0.05, 0.1) is 5.69 Å². The first kappa shape index (κ1) is 13.6. The zero-order valence-electron chi connectivity index (χ0n) is 12.3. The summed E-state index contributed by atoms with van der Waals surface area (Å²) in [5.41, 5.74) is 9.66. The van der Waals surface area contributed by atoms with Gasteiger partial charge >= 0.3 is 5.97 Å². The highest BCUT2D eigenvalue weighted by atomic mass is 16.4. The van der Waals surface area contributed by atoms with Crippen molar-refractivity contribution in [3.8, 4) is 0 Å². The van der Waals surface area contributed by atoms with Gasteiger partial charge in [-0.2, -0.15) is 4.98 Å². The van der Waals surface area contributed by atoms with Gasteiger partial charge in [0.25, 0.3) is 0 Å². The molecule has 1 aromatic carbocycles. The molecule has 0 saturated carbocycles. The first-order chi connectivity index (χ1) is 11.1. The van der Waals surface area contributed by atoms with Crippen LogP contribution in [0.5, 0.6) is 0 Å². The van der Waals surface area contributed by atoms with Crippen LogP contribution in [-0.2, 0) is 13.0 Å². The van der Waals surface area contributed by atoms with Crippen molar-refractivity contribution >= 4 is 23.3 Å². The number of hydrogen-bond acceptors (Lipinski definition) is 5. The summed E-state index contributed by atoms with van der Waals surface area (Å²) in [7, 11) is 0. The molecule has 0 radical (unpaired) electrons. The van der Waals surface area contributed by atoms with Gasteiger partial charge in [-0.25, -0.2) is 9.31 Å². The number of nitrogen functional groups attached to an aromatic ring is 1. The average Bonchev–Trinajstić information content (AvgIpc) is 2.94. The SMILES string of the molecule is Nc1nc2c(N3CCc4ccccc4C3)ccc(C(=O)O)n2n1. The number of benzene rings is 1. The van der Waals surface area contributed by atoms with Crippen molar-refractivity contribution in [1.82, 2.24) is 14.6 Å². The molecular weight excluding hydrogens is 294 g/mol. The van der Waals surface area contributed by atoms with Crippen LogP contribution in [0.1, 0.15) is 21.6 Å². The van der Waals surface area contributed by atoms with Crippen LogP contribution in [0, 0.1) is 0 Å². The lowest BCUT2D eigenvalue weighted by Gasteiger charge is -2.30. The Morgan fingerprint density at radius 3 is 2.74 bits per heavy atom. The fourth-order valence-corrected chi connectivity index (χ4v) is 3.07. The minimum atomic E-state index is -1.06. The first-order valence-corrected chi connectivity index (χ1v) is 7.34. The maximum Gasteiger partial charge on any atom is 0.354 e. The predicted molar refractivity (Wildman–Crippen MR) is 85.6 cm³/mol. The van der Waals surface area contributed by atoms with Crippen molar-refractivity contribution in [3.63, 3.8) is 0 Å². The molecule has 23 heavy (non-hydrogen) atoms. The van der Waals surface area contributed by atoms with E-state index in [0.29, 0.717) is 5.65 Å². The van der Waals surface area contributed by atoms with Crippen molar-refractivity contribution in [2.75, 3.05) is 17.2 Å². The van der Waals surface area contributed by atoms with Crippen molar-refractivity contribution in [3.05, 3.63) is 53.2 Å². The molecule has 7 nitrogen and oxygen atoms in total. The summed E-state index contributed by atoms with van der Waals surface area (Å²) in [6, 6.07) is 11.7. The Balaban J connectivity index is 1.81. The molecule has 1 aliphatic rings. The van der Waals surface area contributed by atoms with E-state index in [-0.39, 0.29) is 11.6 Å². The van der Waals surface area contributed by atoms with Crippen LogP contribution in [0.4, 0.5) is 11.6 Å². The standard InChI is InChI=1S/C16H15N5O2/c17-16-18-14-12(5-6-13(15(22)23)21(14)19-16)20-8-7-10-3-1-2-4-11(10)9-20/h1-6H,7-9H2,(H2,17,19)(H,22,23). The number of carboxylic acids is 1. The number of rotatable bonds is 2. The van der Waals surface area contributed by atoms with E-state index in [4.69, 9.17) is 5.73 Å². The number of aromatic nitrogens is 3. The summed E-state index contributed by atoms with van der Waals surface area (Å²) in [4.78, 5) is 17.7. The number of fused-ring (bicyclic) bond motifs is 2. The Morgan fingerprint density at radius 2 is 1.96 bits per heavy atom. The van der Waals surface area contributed by atoms with Gasteiger partial charge in [0.1, 0.15) is 0 Å². The zero-order chi connectivity index (χ0) is 16.0. The molecule has 3 heterocycles. The van der Waals surface area contributed by atoms with Gasteiger partial charge in [-0.3, -0.25) is 0 Å². The highest BCUT2D eigenvalue weighted by molar-refractivity contribution is 5.88. The van der Waals surface area contributed by atoms with Gasteiger partial charge < -0.3 is 15.7 Å². The van der Waals surface area contributed by atoms with Gasteiger partial charge in [0, 0.05) is 13.1 Å². The predicted octanol–water partition coefficient (Wildman–Crippen LogP) is 1.57. The third-order valence-electron chi connectivity index (χ3n) is 4.17. The normalized spacial score (nSPS) is 14.0. The van der Waals surface area contributed by atoms with E-state index >= 15 is 0 Å². The summed E-state index contributed by atoms with van der Waals surface area (Å²) in [5, 5.41) is 13.3. The van der Waals surface area contributed by atoms with E-state index in [2.05, 4.69) is 27.1 Å². The lowest BCUT2D eigenvalue weighted by atomic mass is 9.99. The molecule has 116 valence electrons. The Kier molecular flexibility index (Phi) is 2.94. The molecule has 0 amide bonds. The summed E-state index contributed by atoms with van der Waals surface area (Å²) in [6.07, 6.45) is 0.937. The summed E-state index contributed by atoms with van der Waals surface area (Å²) in [6.45, 7) is 1.59. The highest BCUT2D eigenvalue weighted by Gasteiger charge is 2.22. The van der Waals surface area contributed by atoms with Gasteiger partial charge in [-0.15, -0.1) is 5.10 Å². The van der Waals surface area contributed by atoms with Gasteiger partial charge in [-0.1, -0.05) is 24.3 Å². The van der Waals surface area contributed by atoms with E-state index in [0.717, 1.165) is 25.2 Å². The summed E-state index contributed by atoms with van der Waals surface area (Å²) in [5.74, 6) is -0.993. The topological polar surface area (TPSA) is 96.8 Å². The third kappa shape index (κ3) is 2.17. The quantitative estimate of drug-likeness (QED) is 0.746. The van der Waals surface area contributed by atoms with E-state index < -0.39 is 5.97 Å². The van der Waals surface area contributed by atoms with Gasteiger partial charge in [-0.05, 0) is 29.7 Å². The minimum Gasteiger partial charge on any atom is -0.477 e. The molecule has 0 fully saturated rings. The number of carbonyl (C=O) groups is 1. The van der Waals surface area contributed by atoms with Crippen LogP contribution in [0.15, 0.2) is 36.4 Å². The summed E-state index contributed by atoms with van der Waals surface area (Å²) >= 11 is 0. The Labute approximate surface area is 132 Å². The van der Waals surface area contributed by atoms with E-state index in [9.17, 15) is 9.90 Å². The molecule has 3 aromatic rings. The van der Waals surface area contributed by atoms with Crippen molar-refractivity contribution in [2.24, 2.45) is 0 Å². The lowest BCUT2D eigenvalue weighted by molar-refractivity contribution is 0.0687. The Hall–Kier alpha value is -3.09. The van der Waals surface area contributed by atoms with E-state index in [1.807, 2.05) is 12.1 Å². The second kappa shape index (κ2) is 4.98. The smallest absolute Gasteiger partial charge is 0.354 e. The largest absolute Gasteiger partial charge is 0.477 e. The minimum absolute atomic E-state index is 0.0466. The number of nitrogens with zero attached hydrogens (tertiary/aromatic N) is 4. The molecule has 0 aliphatic carbocycles. The first-order valence-electron chi connectivity index (χ1n) is 7.34. The average molecular weight is 309 g/mol. The maximum absolute atomic E-state index is 11.3. The number of pyridine rings is 1. The summed E-state index contributed by atoms with van der Waals surface area (Å²) < 4.78 is 1.30. The molecule has 2 aromatic heterocycles. The number of carboxylic acid groups (broad SMARTS) is 1. The second-order valence-corrected chi connectivity index (χ2v) is 5.55. The van der Waals surface area contributed by atoms with Gasteiger partial charge in [0.15, 0.2) is 11.3 Å². The van der Waals surface area contributed by atoms with E-state index in [1.54, 1.807) is 12.1 Å². The van der Waals surface area contributed by atoms with Crippen molar-refractivity contribution < 1.29 is 9.90 Å². The van der Waals surface area contributed by atoms with E-state index in [1.165, 1.54) is 15.6 Å². The number of aromatic carboxylic acids is 1. The lowest BCUT2D eigenvalue weighted by Crippen LogP contribution is -2.31. The second-order valence-electron chi connectivity index (χ2n) is 5.55. The van der Waals surface area contributed by atoms with Crippen LogP contribution in [-0.4, -0.2) is 32.2 Å². The fraction of sp³-hybridized carbons (Fsp3) is 0.188. The van der Waals surface area contributed by atoms with Crippen molar-refractivity contribution in [1.29, 1.82) is 0 Å². The number of anilines is 2. The molecule has 3 N–H and O–H groups in total. The van der Waals surface area contributed by atoms with Crippen LogP contribution in [0.25, 0.3) is 5.65 Å². The number of hydrogen-bond donors (Lipinski definition) is 2. The highest BCUT2D eigenvalue weighted by Crippen LogP contribution is 2.28. The molecule has 7 heteroatoms. The third-order valence-corrected chi connectivity index (χ3v) is 4.17. The molecule has 4 rings (SSSR count). The Morgan fingerprint density at radius 1 is 1.17 bits per heavy atom. The number of nitrogens with two attached hydrogens (primary N) is 1. The van der Waals surface area contributed by atoms with Crippen LogP contribution in [0.2, 0.25) is 0 Å². The molecule has 1 aliphatic heterocycles. The molecule has 0 spiro atoms. The molecule has 0 unspecified atom stereocenters. The monoisotopic (exact) mass is 309 g/mol. The van der Waals surface area contributed by atoms with Crippen LogP contribution in [0.3, 0.4) is 0 Å². The molecular formula is C16H15N5O2. The molecule has 0 saturated heterocycles. The fourth-order valence-electron chi connectivity index (χ4n) is 3.07. The van der Waals surface area contributed by atoms with Crippen LogP contribution >= 0.6 is 0 Å². The molecule has 0 atom stereocenters. The maximum atomic E-state index is 11.3. The Bertz CT molecular complexity index is 918.